The number of benzene rings is 1. The molecule has 0 spiro atoms. The monoisotopic (exact) mass is 215 g/mol. The third kappa shape index (κ3) is 2.31. The smallest absolute Gasteiger partial charge is 0.0725 e. The Labute approximate surface area is 95.7 Å². The van der Waals surface area contributed by atoms with Crippen LogP contribution in [0, 0.1) is 6.92 Å². The highest BCUT2D eigenvalue weighted by molar-refractivity contribution is 5.91. The molecule has 0 unspecified atom stereocenters. The van der Waals surface area contributed by atoms with Crippen molar-refractivity contribution in [1.82, 2.24) is 4.98 Å². The van der Waals surface area contributed by atoms with Gasteiger partial charge in [0, 0.05) is 23.3 Å². The van der Waals surface area contributed by atoms with Crippen molar-refractivity contribution in [2.75, 3.05) is 18.4 Å². The Morgan fingerprint density at radius 2 is 2.12 bits per heavy atom. The molecule has 16 heavy (non-hydrogen) atoms. The number of aromatic nitrogens is 1. The molecule has 0 atom stereocenters. The van der Waals surface area contributed by atoms with Crippen LogP contribution in [-0.2, 0) is 0 Å². The van der Waals surface area contributed by atoms with Crippen LogP contribution in [0.25, 0.3) is 10.9 Å². The van der Waals surface area contributed by atoms with Gasteiger partial charge >= 0.3 is 0 Å². The molecule has 2 rings (SSSR count). The van der Waals surface area contributed by atoms with E-state index in [9.17, 15) is 0 Å². The average Bonchev–Trinajstić information content (AvgIpc) is 2.29. The highest BCUT2D eigenvalue weighted by Gasteiger charge is 2.02. The zero-order chi connectivity index (χ0) is 11.4. The second-order valence-electron chi connectivity index (χ2n) is 3.90. The topological polar surface area (TPSA) is 50.9 Å². The first-order valence-electron chi connectivity index (χ1n) is 5.61. The summed E-state index contributed by atoms with van der Waals surface area (Å²) in [5.74, 6) is 0. The highest BCUT2D eigenvalue weighted by atomic mass is 14.9. The average molecular weight is 215 g/mol. The Hall–Kier alpha value is -1.61. The van der Waals surface area contributed by atoms with Crippen molar-refractivity contribution in [2.45, 2.75) is 13.3 Å². The first-order chi connectivity index (χ1) is 7.81. The molecular weight excluding hydrogens is 198 g/mol. The molecule has 0 aliphatic carbocycles. The third-order valence-corrected chi connectivity index (χ3v) is 2.54. The van der Waals surface area contributed by atoms with E-state index < -0.39 is 0 Å². The molecule has 0 fully saturated rings. The van der Waals surface area contributed by atoms with E-state index in [1.807, 2.05) is 25.1 Å². The van der Waals surface area contributed by atoms with E-state index in [-0.39, 0.29) is 0 Å². The molecule has 84 valence electrons. The molecule has 3 N–H and O–H groups in total. The normalized spacial score (nSPS) is 10.6. The zero-order valence-corrected chi connectivity index (χ0v) is 9.53. The first kappa shape index (κ1) is 10.9. The summed E-state index contributed by atoms with van der Waals surface area (Å²) in [4.78, 5) is 4.50. The molecule has 0 aliphatic rings. The van der Waals surface area contributed by atoms with E-state index in [1.54, 1.807) is 0 Å². The molecule has 0 saturated carbocycles. The van der Waals surface area contributed by atoms with Crippen molar-refractivity contribution in [2.24, 2.45) is 5.73 Å². The lowest BCUT2D eigenvalue weighted by Gasteiger charge is -2.10. The van der Waals surface area contributed by atoms with E-state index in [0.29, 0.717) is 0 Å². The maximum absolute atomic E-state index is 5.48. The third-order valence-electron chi connectivity index (χ3n) is 2.54. The quantitative estimate of drug-likeness (QED) is 0.769. The Kier molecular flexibility index (Phi) is 3.37. The molecular formula is C13H17N3. The van der Waals surface area contributed by atoms with Gasteiger partial charge in [-0.2, -0.15) is 0 Å². The van der Waals surface area contributed by atoms with Gasteiger partial charge in [-0.25, -0.2) is 0 Å². The number of fused-ring (bicyclic) bond motifs is 1. The van der Waals surface area contributed by atoms with Crippen LogP contribution in [0.5, 0.6) is 0 Å². The molecule has 0 aliphatic heterocycles. The summed E-state index contributed by atoms with van der Waals surface area (Å²) in [5, 5.41) is 4.58. The Morgan fingerprint density at radius 3 is 2.94 bits per heavy atom. The van der Waals surface area contributed by atoms with Crippen LogP contribution in [-0.4, -0.2) is 18.1 Å². The van der Waals surface area contributed by atoms with Gasteiger partial charge in [0.25, 0.3) is 0 Å². The van der Waals surface area contributed by atoms with E-state index in [4.69, 9.17) is 5.73 Å². The molecule has 3 heteroatoms. The van der Waals surface area contributed by atoms with Gasteiger partial charge < -0.3 is 11.1 Å². The van der Waals surface area contributed by atoms with Crippen LogP contribution in [0.3, 0.4) is 0 Å². The van der Waals surface area contributed by atoms with Crippen LogP contribution in [0.1, 0.15) is 12.1 Å². The van der Waals surface area contributed by atoms with Crippen LogP contribution in [0.15, 0.2) is 30.3 Å². The molecule has 1 aromatic carbocycles. The van der Waals surface area contributed by atoms with Gasteiger partial charge in [0.2, 0.25) is 0 Å². The number of para-hydroxylation sites is 1. The Balaban J connectivity index is 2.34. The molecule has 0 amide bonds. The lowest BCUT2D eigenvalue weighted by molar-refractivity contribution is 0.875. The predicted octanol–water partition coefficient (Wildman–Crippen LogP) is 2.30. The van der Waals surface area contributed by atoms with Gasteiger partial charge in [-0.3, -0.25) is 4.98 Å². The number of anilines is 1. The fourth-order valence-corrected chi connectivity index (χ4v) is 1.78. The van der Waals surface area contributed by atoms with Crippen molar-refractivity contribution in [3.63, 3.8) is 0 Å². The van der Waals surface area contributed by atoms with E-state index in [1.165, 1.54) is 5.39 Å². The predicted molar refractivity (Wildman–Crippen MR) is 68.6 cm³/mol. The van der Waals surface area contributed by atoms with Crippen LogP contribution < -0.4 is 11.1 Å². The minimum absolute atomic E-state index is 0.717. The highest BCUT2D eigenvalue weighted by Crippen LogP contribution is 2.22. The van der Waals surface area contributed by atoms with Crippen molar-refractivity contribution >= 4 is 16.6 Å². The molecule has 2 aromatic rings. The second kappa shape index (κ2) is 4.94. The zero-order valence-electron chi connectivity index (χ0n) is 9.53. The van der Waals surface area contributed by atoms with Gasteiger partial charge in [0.05, 0.1) is 5.52 Å². The summed E-state index contributed by atoms with van der Waals surface area (Å²) in [6.07, 6.45) is 0.982. The maximum atomic E-state index is 5.48. The molecule has 0 bridgehead atoms. The number of hydrogen-bond acceptors (Lipinski definition) is 3. The second-order valence-corrected chi connectivity index (χ2v) is 3.90. The van der Waals surface area contributed by atoms with Crippen LogP contribution >= 0.6 is 0 Å². The van der Waals surface area contributed by atoms with Gasteiger partial charge in [-0.1, -0.05) is 18.2 Å². The van der Waals surface area contributed by atoms with Crippen molar-refractivity contribution in [3.05, 3.63) is 36.0 Å². The molecule has 0 radical (unpaired) electrons. The molecule has 1 aromatic heterocycles. The van der Waals surface area contributed by atoms with Crippen LogP contribution in [0.4, 0.5) is 5.69 Å². The van der Waals surface area contributed by atoms with E-state index >= 15 is 0 Å². The van der Waals surface area contributed by atoms with E-state index in [2.05, 4.69) is 22.4 Å². The summed E-state index contributed by atoms with van der Waals surface area (Å²) in [6, 6.07) is 10.3. The SMILES string of the molecule is Cc1cc(NCCCN)c2ccccc2n1. The van der Waals surface area contributed by atoms with Crippen molar-refractivity contribution in [3.8, 4) is 0 Å². The molecule has 1 heterocycles. The largest absolute Gasteiger partial charge is 0.384 e. The Morgan fingerprint density at radius 1 is 1.31 bits per heavy atom. The maximum Gasteiger partial charge on any atom is 0.0725 e. The molecule has 0 saturated heterocycles. The van der Waals surface area contributed by atoms with Crippen LogP contribution in [0.2, 0.25) is 0 Å². The standard InChI is InChI=1S/C13H17N3/c1-10-9-13(15-8-4-7-14)11-5-2-3-6-12(11)16-10/h2-3,5-6,9H,4,7-8,14H2,1H3,(H,15,16). The minimum Gasteiger partial charge on any atom is -0.384 e. The lowest BCUT2D eigenvalue weighted by Crippen LogP contribution is -2.09. The number of nitrogens with zero attached hydrogens (tertiary/aromatic N) is 1. The van der Waals surface area contributed by atoms with Crippen molar-refractivity contribution < 1.29 is 0 Å². The molecule has 3 nitrogen and oxygen atoms in total. The number of aryl methyl sites for hydroxylation is 1. The van der Waals surface area contributed by atoms with Gasteiger partial charge in [-0.05, 0) is 32.0 Å². The van der Waals surface area contributed by atoms with Crippen molar-refractivity contribution in [1.29, 1.82) is 0 Å². The van der Waals surface area contributed by atoms with Gasteiger partial charge in [0.1, 0.15) is 0 Å². The summed E-state index contributed by atoms with van der Waals surface area (Å²) >= 11 is 0. The van der Waals surface area contributed by atoms with E-state index in [0.717, 1.165) is 36.4 Å². The minimum atomic E-state index is 0.717. The van der Waals surface area contributed by atoms with Gasteiger partial charge in [0.15, 0.2) is 0 Å². The number of hydrogen-bond donors (Lipinski definition) is 2. The lowest BCUT2D eigenvalue weighted by atomic mass is 10.1. The first-order valence-corrected chi connectivity index (χ1v) is 5.61. The fraction of sp³-hybridized carbons (Fsp3) is 0.308. The number of nitrogens with one attached hydrogen (secondary N) is 1. The summed E-state index contributed by atoms with van der Waals surface area (Å²) in [6.45, 7) is 3.64. The summed E-state index contributed by atoms with van der Waals surface area (Å²) < 4.78 is 0. The summed E-state index contributed by atoms with van der Waals surface area (Å²) in [7, 11) is 0. The van der Waals surface area contributed by atoms with Gasteiger partial charge in [-0.15, -0.1) is 0 Å². The number of nitrogens with two attached hydrogens (primary N) is 1. The number of pyridine rings is 1. The number of rotatable bonds is 4. The Bertz CT molecular complexity index is 480. The fourth-order valence-electron chi connectivity index (χ4n) is 1.78. The summed E-state index contributed by atoms with van der Waals surface area (Å²) in [5.41, 5.74) is 8.71.